The van der Waals surface area contributed by atoms with Crippen molar-refractivity contribution < 1.29 is 0 Å². The Kier molecular flexibility index (Phi) is 2.40. The fourth-order valence-electron chi connectivity index (χ4n) is 2.23. The van der Waals surface area contributed by atoms with Crippen molar-refractivity contribution in [2.45, 2.75) is 25.7 Å². The molecule has 0 saturated carbocycles. The van der Waals surface area contributed by atoms with E-state index in [2.05, 4.69) is 14.5 Å². The third kappa shape index (κ3) is 1.61. The maximum Gasteiger partial charge on any atom is 0.131 e. The Hall–Kier alpha value is -1.35. The average molecular weight is 234 g/mol. The highest BCUT2D eigenvalue weighted by atomic mass is 35.5. The Morgan fingerprint density at radius 1 is 1.19 bits per heavy atom. The first-order valence-electron chi connectivity index (χ1n) is 5.51. The van der Waals surface area contributed by atoms with E-state index in [1.165, 1.54) is 24.2 Å². The molecule has 0 fully saturated rings. The van der Waals surface area contributed by atoms with Gasteiger partial charge in [0.05, 0.1) is 17.7 Å². The second kappa shape index (κ2) is 3.91. The van der Waals surface area contributed by atoms with E-state index < -0.39 is 0 Å². The summed E-state index contributed by atoms with van der Waals surface area (Å²) in [6, 6.07) is 3.83. The summed E-state index contributed by atoms with van der Waals surface area (Å²) in [5.41, 5.74) is 3.61. The molecule has 4 heteroatoms. The minimum absolute atomic E-state index is 0.524. The summed E-state index contributed by atoms with van der Waals surface area (Å²) in [7, 11) is 0. The summed E-state index contributed by atoms with van der Waals surface area (Å²) in [5, 5.41) is 0.524. The number of hydrogen-bond acceptors (Lipinski definition) is 2. The molecular weight excluding hydrogens is 222 g/mol. The molecule has 2 heterocycles. The number of aromatic nitrogens is 3. The molecule has 0 aliphatic heterocycles. The van der Waals surface area contributed by atoms with Gasteiger partial charge in [0.2, 0.25) is 0 Å². The van der Waals surface area contributed by atoms with Gasteiger partial charge in [0.15, 0.2) is 0 Å². The molecule has 3 rings (SSSR count). The summed E-state index contributed by atoms with van der Waals surface area (Å²) in [6.07, 6.45) is 8.32. The predicted octanol–water partition coefficient (Wildman–Crippen LogP) is 2.80. The lowest BCUT2D eigenvalue weighted by atomic mass is 10.0. The number of aryl methyl sites for hydroxylation is 1. The van der Waals surface area contributed by atoms with Crippen molar-refractivity contribution in [2.24, 2.45) is 0 Å². The van der Waals surface area contributed by atoms with Crippen LogP contribution in [0.2, 0.25) is 5.15 Å². The molecule has 2 aromatic heterocycles. The molecule has 82 valence electrons. The number of hydrogen-bond donors (Lipinski definition) is 0. The van der Waals surface area contributed by atoms with E-state index in [4.69, 9.17) is 11.6 Å². The van der Waals surface area contributed by atoms with E-state index in [0.29, 0.717) is 5.15 Å². The zero-order chi connectivity index (χ0) is 11.0. The van der Waals surface area contributed by atoms with Crippen LogP contribution in [0.4, 0.5) is 0 Å². The van der Waals surface area contributed by atoms with E-state index >= 15 is 0 Å². The van der Waals surface area contributed by atoms with Gasteiger partial charge in [-0.15, -0.1) is 0 Å². The Morgan fingerprint density at radius 2 is 2.06 bits per heavy atom. The van der Waals surface area contributed by atoms with Gasteiger partial charge in [-0.1, -0.05) is 11.6 Å². The van der Waals surface area contributed by atoms with Crippen LogP contribution in [0, 0.1) is 0 Å². The Morgan fingerprint density at radius 3 is 2.94 bits per heavy atom. The molecule has 0 aromatic carbocycles. The molecule has 1 aliphatic carbocycles. The molecular formula is C12H12ClN3. The van der Waals surface area contributed by atoms with Gasteiger partial charge in [-0.25, -0.2) is 9.97 Å². The molecule has 0 atom stereocenters. The van der Waals surface area contributed by atoms with E-state index in [0.717, 1.165) is 18.5 Å². The van der Waals surface area contributed by atoms with Gasteiger partial charge < -0.3 is 4.57 Å². The fraction of sp³-hybridized carbons (Fsp3) is 0.333. The molecule has 3 nitrogen and oxygen atoms in total. The Labute approximate surface area is 99.1 Å². The van der Waals surface area contributed by atoms with Crippen LogP contribution >= 0.6 is 11.6 Å². The van der Waals surface area contributed by atoms with Crippen molar-refractivity contribution in [1.82, 2.24) is 14.5 Å². The van der Waals surface area contributed by atoms with Crippen LogP contribution < -0.4 is 0 Å². The van der Waals surface area contributed by atoms with Crippen molar-refractivity contribution >= 4 is 11.6 Å². The number of pyridine rings is 1. The molecule has 1 aliphatic rings. The molecule has 16 heavy (non-hydrogen) atoms. The number of rotatable bonds is 1. The fourth-order valence-corrected chi connectivity index (χ4v) is 2.40. The average Bonchev–Trinajstić information content (AvgIpc) is 2.72. The van der Waals surface area contributed by atoms with Crippen LogP contribution in [-0.2, 0) is 12.8 Å². The van der Waals surface area contributed by atoms with Crippen molar-refractivity contribution in [2.75, 3.05) is 0 Å². The lowest BCUT2D eigenvalue weighted by molar-refractivity contribution is 0.656. The van der Waals surface area contributed by atoms with Gasteiger partial charge in [0.1, 0.15) is 5.15 Å². The molecule has 0 spiro atoms. The first kappa shape index (κ1) is 9.85. The quantitative estimate of drug-likeness (QED) is 0.710. The van der Waals surface area contributed by atoms with Crippen LogP contribution in [0.1, 0.15) is 24.2 Å². The highest BCUT2D eigenvalue weighted by molar-refractivity contribution is 6.29. The third-order valence-electron chi connectivity index (χ3n) is 3.02. The van der Waals surface area contributed by atoms with Crippen molar-refractivity contribution in [1.29, 1.82) is 0 Å². The van der Waals surface area contributed by atoms with Crippen LogP contribution in [0.15, 0.2) is 24.7 Å². The topological polar surface area (TPSA) is 30.7 Å². The highest BCUT2D eigenvalue weighted by Gasteiger charge is 2.15. The van der Waals surface area contributed by atoms with E-state index in [-0.39, 0.29) is 0 Å². The van der Waals surface area contributed by atoms with E-state index in [1.54, 1.807) is 6.20 Å². The van der Waals surface area contributed by atoms with Gasteiger partial charge in [-0.2, -0.15) is 0 Å². The monoisotopic (exact) mass is 233 g/mol. The van der Waals surface area contributed by atoms with Crippen LogP contribution in [0.25, 0.3) is 5.69 Å². The molecule has 0 amide bonds. The summed E-state index contributed by atoms with van der Waals surface area (Å²) in [6.45, 7) is 0. The maximum absolute atomic E-state index is 5.90. The van der Waals surface area contributed by atoms with Crippen molar-refractivity contribution in [3.05, 3.63) is 41.2 Å². The van der Waals surface area contributed by atoms with Gasteiger partial charge in [0, 0.05) is 11.9 Å². The lowest BCUT2D eigenvalue weighted by Crippen LogP contribution is -2.06. The van der Waals surface area contributed by atoms with Crippen LogP contribution in [0.3, 0.4) is 0 Å². The number of halogens is 1. The van der Waals surface area contributed by atoms with Gasteiger partial charge >= 0.3 is 0 Å². The Balaban J connectivity index is 2.09. The minimum Gasteiger partial charge on any atom is -0.303 e. The summed E-state index contributed by atoms with van der Waals surface area (Å²) in [5.74, 6) is 0. The normalized spacial score (nSPS) is 14.8. The van der Waals surface area contributed by atoms with Gasteiger partial charge in [-0.3, -0.25) is 0 Å². The SMILES string of the molecule is Clc1cc(-n2cnc3c2CCCC3)ccn1. The number of fused-ring (bicyclic) bond motifs is 1. The van der Waals surface area contributed by atoms with Crippen molar-refractivity contribution in [3.63, 3.8) is 0 Å². The standard InChI is InChI=1S/C12H12ClN3/c13-12-7-9(5-6-14-12)16-8-15-10-3-1-2-4-11(10)16/h5-8H,1-4H2. The molecule has 2 aromatic rings. The highest BCUT2D eigenvalue weighted by Crippen LogP contribution is 2.23. The predicted molar refractivity (Wildman–Crippen MR) is 63.0 cm³/mol. The third-order valence-corrected chi connectivity index (χ3v) is 3.23. The second-order valence-electron chi connectivity index (χ2n) is 4.05. The summed E-state index contributed by atoms with van der Waals surface area (Å²) in [4.78, 5) is 8.46. The number of nitrogens with zero attached hydrogens (tertiary/aromatic N) is 3. The van der Waals surface area contributed by atoms with E-state index in [1.807, 2.05) is 18.5 Å². The zero-order valence-corrected chi connectivity index (χ0v) is 9.61. The minimum atomic E-state index is 0.524. The molecule has 0 bridgehead atoms. The second-order valence-corrected chi connectivity index (χ2v) is 4.44. The first-order chi connectivity index (χ1) is 7.84. The maximum atomic E-state index is 5.90. The molecule has 0 radical (unpaired) electrons. The van der Waals surface area contributed by atoms with Crippen LogP contribution in [-0.4, -0.2) is 14.5 Å². The Bertz CT molecular complexity index is 519. The smallest absolute Gasteiger partial charge is 0.131 e. The zero-order valence-electron chi connectivity index (χ0n) is 8.86. The van der Waals surface area contributed by atoms with Crippen molar-refractivity contribution in [3.8, 4) is 5.69 Å². The number of imidazole rings is 1. The first-order valence-corrected chi connectivity index (χ1v) is 5.89. The lowest BCUT2D eigenvalue weighted by Gasteiger charge is -2.13. The molecule has 0 saturated heterocycles. The summed E-state index contributed by atoms with van der Waals surface area (Å²) < 4.78 is 2.13. The molecule has 0 unspecified atom stereocenters. The van der Waals surface area contributed by atoms with E-state index in [9.17, 15) is 0 Å². The van der Waals surface area contributed by atoms with Crippen LogP contribution in [0.5, 0.6) is 0 Å². The molecule has 0 N–H and O–H groups in total. The summed E-state index contributed by atoms with van der Waals surface area (Å²) >= 11 is 5.90. The largest absolute Gasteiger partial charge is 0.303 e. The van der Waals surface area contributed by atoms with Gasteiger partial charge in [-0.05, 0) is 37.8 Å². The van der Waals surface area contributed by atoms with Gasteiger partial charge in [0.25, 0.3) is 0 Å².